The van der Waals surface area contributed by atoms with Crippen molar-refractivity contribution >= 4 is 15.9 Å². The molecular weight excluding hydrogens is 340 g/mol. The molecule has 3 aliphatic rings. The van der Waals surface area contributed by atoms with Gasteiger partial charge < -0.3 is 9.73 Å². The first kappa shape index (κ1) is 17.1. The maximum Gasteiger partial charge on any atom is 0.287 e. The van der Waals surface area contributed by atoms with Crippen LogP contribution in [0.3, 0.4) is 0 Å². The van der Waals surface area contributed by atoms with Gasteiger partial charge >= 0.3 is 0 Å². The second kappa shape index (κ2) is 5.33. The summed E-state index contributed by atoms with van der Waals surface area (Å²) >= 11 is 0. The Kier molecular flexibility index (Phi) is 3.64. The fraction of sp³-hybridized carbons (Fsp3) is 0.722. The van der Waals surface area contributed by atoms with Gasteiger partial charge in [0.2, 0.25) is 5.09 Å². The maximum absolute atomic E-state index is 12.6. The lowest BCUT2D eigenvalue weighted by atomic mass is 9.69. The van der Waals surface area contributed by atoms with Gasteiger partial charge in [0.15, 0.2) is 5.76 Å². The van der Waals surface area contributed by atoms with Gasteiger partial charge in [-0.2, -0.15) is 0 Å². The molecule has 1 aromatic heterocycles. The number of rotatable bonds is 5. The Morgan fingerprint density at radius 1 is 1.20 bits per heavy atom. The Labute approximate surface area is 148 Å². The molecular formula is C18H26N2O4S. The van der Waals surface area contributed by atoms with E-state index in [2.05, 4.69) is 30.8 Å². The molecule has 2 bridgehead atoms. The van der Waals surface area contributed by atoms with Crippen molar-refractivity contribution in [1.82, 2.24) is 10.0 Å². The average Bonchev–Trinajstić information content (AvgIpc) is 3.06. The van der Waals surface area contributed by atoms with E-state index in [9.17, 15) is 13.2 Å². The zero-order valence-corrected chi connectivity index (χ0v) is 15.8. The third-order valence-corrected chi connectivity index (χ3v) is 8.46. The topological polar surface area (TPSA) is 88.4 Å². The van der Waals surface area contributed by atoms with Crippen LogP contribution in [0.15, 0.2) is 21.6 Å². The molecule has 3 fully saturated rings. The number of hydrogen-bond acceptors (Lipinski definition) is 4. The van der Waals surface area contributed by atoms with Crippen LogP contribution in [-0.2, 0) is 10.0 Å². The number of carbonyl (C=O) groups excluding carboxylic acids is 1. The molecule has 0 aromatic carbocycles. The van der Waals surface area contributed by atoms with Gasteiger partial charge in [-0.1, -0.05) is 20.8 Å². The predicted octanol–water partition coefficient (Wildman–Crippen LogP) is 2.66. The van der Waals surface area contributed by atoms with Crippen molar-refractivity contribution in [2.45, 2.75) is 70.1 Å². The first-order valence-electron chi connectivity index (χ1n) is 9.06. The molecule has 6 nitrogen and oxygen atoms in total. The normalized spacial score (nSPS) is 33.6. The van der Waals surface area contributed by atoms with Crippen LogP contribution in [0.2, 0.25) is 0 Å². The van der Waals surface area contributed by atoms with Gasteiger partial charge in [0.05, 0.1) is 0 Å². The quantitative estimate of drug-likeness (QED) is 0.838. The molecule has 138 valence electrons. The van der Waals surface area contributed by atoms with Gasteiger partial charge in [0.25, 0.3) is 15.9 Å². The summed E-state index contributed by atoms with van der Waals surface area (Å²) in [5.41, 5.74) is 0.277. The van der Waals surface area contributed by atoms with Crippen LogP contribution in [0.4, 0.5) is 0 Å². The highest BCUT2D eigenvalue weighted by Crippen LogP contribution is 2.65. The largest absolute Gasteiger partial charge is 0.438 e. The molecule has 4 rings (SSSR count). The van der Waals surface area contributed by atoms with Crippen LogP contribution in [-0.4, -0.2) is 26.4 Å². The molecule has 0 saturated heterocycles. The number of hydrogen-bond donors (Lipinski definition) is 2. The zero-order valence-electron chi connectivity index (χ0n) is 15.0. The first-order chi connectivity index (χ1) is 11.6. The summed E-state index contributed by atoms with van der Waals surface area (Å²) < 4.78 is 32.2. The number of sulfonamides is 1. The van der Waals surface area contributed by atoms with Crippen molar-refractivity contribution in [3.8, 4) is 0 Å². The molecule has 2 N–H and O–H groups in total. The fourth-order valence-corrected chi connectivity index (χ4v) is 5.95. The molecule has 7 heteroatoms. The Bertz CT molecular complexity index is 809. The Morgan fingerprint density at radius 3 is 2.48 bits per heavy atom. The van der Waals surface area contributed by atoms with Gasteiger partial charge in [-0.05, 0) is 61.0 Å². The minimum atomic E-state index is -3.67. The van der Waals surface area contributed by atoms with Crippen LogP contribution < -0.4 is 10.0 Å². The lowest BCUT2D eigenvalue weighted by Gasteiger charge is -2.39. The second-order valence-electron chi connectivity index (χ2n) is 8.65. The molecule has 1 aromatic rings. The molecule has 1 heterocycles. The van der Waals surface area contributed by atoms with Crippen LogP contribution in [0.5, 0.6) is 0 Å². The number of amides is 1. The molecule has 0 spiro atoms. The van der Waals surface area contributed by atoms with E-state index < -0.39 is 10.0 Å². The minimum absolute atomic E-state index is 0.00333. The van der Waals surface area contributed by atoms with Crippen molar-refractivity contribution in [2.24, 2.45) is 16.7 Å². The van der Waals surface area contributed by atoms with Crippen LogP contribution in [0, 0.1) is 16.7 Å². The van der Waals surface area contributed by atoms with Crippen molar-refractivity contribution in [3.05, 3.63) is 17.9 Å². The van der Waals surface area contributed by atoms with Gasteiger partial charge in [-0.25, -0.2) is 13.1 Å². The lowest BCUT2D eigenvalue weighted by molar-refractivity contribution is 0.0796. The van der Waals surface area contributed by atoms with Gasteiger partial charge in [-0.15, -0.1) is 0 Å². The van der Waals surface area contributed by atoms with Crippen molar-refractivity contribution < 1.29 is 17.6 Å². The molecule has 0 radical (unpaired) electrons. The summed E-state index contributed by atoms with van der Waals surface area (Å²) in [7, 11) is -3.67. The van der Waals surface area contributed by atoms with Crippen LogP contribution in [0.1, 0.15) is 63.4 Å². The van der Waals surface area contributed by atoms with E-state index in [4.69, 9.17) is 4.42 Å². The van der Waals surface area contributed by atoms with E-state index in [1.807, 2.05) is 0 Å². The maximum atomic E-state index is 12.6. The zero-order chi connectivity index (χ0) is 18.0. The summed E-state index contributed by atoms with van der Waals surface area (Å²) in [6, 6.07) is 2.90. The van der Waals surface area contributed by atoms with E-state index in [0.717, 1.165) is 25.7 Å². The van der Waals surface area contributed by atoms with Gasteiger partial charge in [-0.3, -0.25) is 4.79 Å². The fourth-order valence-electron chi connectivity index (χ4n) is 4.72. The van der Waals surface area contributed by atoms with E-state index >= 15 is 0 Å². The van der Waals surface area contributed by atoms with Crippen molar-refractivity contribution in [3.63, 3.8) is 0 Å². The molecule has 3 saturated carbocycles. The summed E-state index contributed by atoms with van der Waals surface area (Å²) in [4.78, 5) is 12.6. The third-order valence-electron chi connectivity index (χ3n) is 7.07. The van der Waals surface area contributed by atoms with Gasteiger partial charge in [0.1, 0.15) is 0 Å². The number of furan rings is 1. The number of fused-ring (bicyclic) bond motifs is 2. The number of nitrogens with one attached hydrogen (secondary N) is 2. The predicted molar refractivity (Wildman–Crippen MR) is 92.5 cm³/mol. The second-order valence-corrected chi connectivity index (χ2v) is 10.3. The summed E-state index contributed by atoms with van der Waals surface area (Å²) in [6.45, 7) is 6.83. The molecule has 3 aliphatic carbocycles. The lowest BCUT2D eigenvalue weighted by Crippen LogP contribution is -2.46. The Hall–Kier alpha value is -1.34. The summed E-state index contributed by atoms with van der Waals surface area (Å²) in [5.74, 6) is 0.348. The molecule has 1 amide bonds. The molecule has 3 atom stereocenters. The SMILES string of the molecule is CC1(C)[C@H]2CC[C@@]1(C)[C@H](NC(=O)c1ccc(S(=O)(=O)NC3CC3)o1)C2. The highest BCUT2D eigenvalue weighted by molar-refractivity contribution is 7.89. The molecule has 25 heavy (non-hydrogen) atoms. The Morgan fingerprint density at radius 2 is 1.92 bits per heavy atom. The van der Waals surface area contributed by atoms with Gasteiger partial charge in [0, 0.05) is 12.1 Å². The smallest absolute Gasteiger partial charge is 0.287 e. The highest BCUT2D eigenvalue weighted by Gasteiger charge is 2.61. The van der Waals surface area contributed by atoms with Crippen LogP contribution >= 0.6 is 0 Å². The van der Waals surface area contributed by atoms with Crippen molar-refractivity contribution in [2.75, 3.05) is 0 Å². The van der Waals surface area contributed by atoms with E-state index in [1.54, 1.807) is 0 Å². The highest BCUT2D eigenvalue weighted by atomic mass is 32.2. The first-order valence-corrected chi connectivity index (χ1v) is 10.5. The third kappa shape index (κ3) is 2.63. The van der Waals surface area contributed by atoms with Crippen molar-refractivity contribution in [1.29, 1.82) is 0 Å². The van der Waals surface area contributed by atoms with Crippen LogP contribution in [0.25, 0.3) is 0 Å². The monoisotopic (exact) mass is 366 g/mol. The Balaban J connectivity index is 1.48. The standard InChI is InChI=1S/C18H26N2O4S/c1-17(2)11-8-9-18(17,3)14(10-11)19-16(21)13-6-7-15(24-13)25(22,23)20-12-4-5-12/h6-7,11-12,14,20H,4-5,8-10H2,1-3H3,(H,19,21)/t11-,14+,18-/m0/s1. The summed E-state index contributed by atoms with van der Waals surface area (Å²) in [5, 5.41) is 2.90. The van der Waals surface area contributed by atoms with E-state index in [0.29, 0.717) is 5.92 Å². The van der Waals surface area contributed by atoms with E-state index in [1.165, 1.54) is 18.6 Å². The molecule has 0 aliphatic heterocycles. The minimum Gasteiger partial charge on any atom is -0.438 e. The molecule has 0 unspecified atom stereocenters. The average molecular weight is 366 g/mol. The van der Waals surface area contributed by atoms with E-state index in [-0.39, 0.29) is 39.7 Å². The summed E-state index contributed by atoms with van der Waals surface area (Å²) in [6.07, 6.45) is 5.00. The number of carbonyl (C=O) groups is 1.